The van der Waals surface area contributed by atoms with Crippen molar-refractivity contribution >= 4 is 23.8 Å². The van der Waals surface area contributed by atoms with E-state index in [0.717, 1.165) is 6.54 Å². The second-order valence-electron chi connectivity index (χ2n) is 11.0. The number of nitrogens with zero attached hydrogens (tertiary/aromatic N) is 3. The molecule has 8 rings (SSSR count). The van der Waals surface area contributed by atoms with Crippen molar-refractivity contribution in [3.05, 3.63) is 144 Å². The smallest absolute Gasteiger partial charge is 0.338 e. The molecule has 2 aliphatic heterocycles. The molecule has 2 aliphatic rings. The Morgan fingerprint density at radius 3 is 1.90 bits per heavy atom. The Morgan fingerprint density at radius 2 is 1.25 bits per heavy atom. The van der Waals surface area contributed by atoms with Gasteiger partial charge >= 0.3 is 6.98 Å². The minimum absolute atomic E-state index is 0.0365. The fourth-order valence-corrected chi connectivity index (χ4v) is 6.91. The van der Waals surface area contributed by atoms with Crippen LogP contribution < -0.4 is 14.8 Å². The van der Waals surface area contributed by atoms with E-state index in [2.05, 4.69) is 155 Å². The second-order valence-corrected chi connectivity index (χ2v) is 11.0. The maximum absolute atomic E-state index is 2.63. The number of anilines is 2. The molecule has 0 atom stereocenters. The van der Waals surface area contributed by atoms with Crippen molar-refractivity contribution in [2.75, 3.05) is 4.81 Å². The second kappa shape index (κ2) is 8.85. The van der Waals surface area contributed by atoms with Gasteiger partial charge in [0.2, 0.25) is 0 Å². The Labute approximate surface area is 235 Å². The molecule has 6 aromatic rings. The zero-order valence-electron chi connectivity index (χ0n) is 22.8. The minimum Gasteiger partial charge on any atom is -0.338 e. The SMILES string of the molecule is Cc1cccc(C)c1B1N(c2c(-c3ccccc3)cccc2-c2ccccc2)c2cccc3c2-c2n(cc[n+]21)C3. The van der Waals surface area contributed by atoms with Crippen LogP contribution in [0.4, 0.5) is 11.4 Å². The van der Waals surface area contributed by atoms with E-state index in [0.29, 0.717) is 0 Å². The van der Waals surface area contributed by atoms with E-state index in [1.165, 1.54) is 67.2 Å². The summed E-state index contributed by atoms with van der Waals surface area (Å²) in [7, 11) is 0. The van der Waals surface area contributed by atoms with Gasteiger partial charge in [-0.3, -0.25) is 4.48 Å². The summed E-state index contributed by atoms with van der Waals surface area (Å²) >= 11 is 0. The summed E-state index contributed by atoms with van der Waals surface area (Å²) in [5.41, 5.74) is 14.1. The fraction of sp³-hybridized carbons (Fsp3) is 0.0833. The van der Waals surface area contributed by atoms with Crippen molar-refractivity contribution in [2.45, 2.75) is 20.4 Å². The van der Waals surface area contributed by atoms with Gasteiger partial charge in [-0.25, -0.2) is 4.57 Å². The van der Waals surface area contributed by atoms with Crippen molar-refractivity contribution in [3.8, 4) is 33.6 Å². The van der Waals surface area contributed by atoms with Crippen LogP contribution in [0.2, 0.25) is 0 Å². The highest BCUT2D eigenvalue weighted by molar-refractivity contribution is 6.72. The van der Waals surface area contributed by atoms with Crippen LogP contribution in [0.3, 0.4) is 0 Å². The molecule has 1 aromatic heterocycles. The average molecular weight is 514 g/mol. The molecule has 0 unspecified atom stereocenters. The summed E-state index contributed by atoms with van der Waals surface area (Å²) < 4.78 is 4.91. The van der Waals surface area contributed by atoms with Crippen LogP contribution in [-0.2, 0) is 6.54 Å². The number of aryl methyl sites for hydroxylation is 2. The van der Waals surface area contributed by atoms with Gasteiger partial charge in [-0.2, -0.15) is 0 Å². The first-order valence-corrected chi connectivity index (χ1v) is 14.0. The van der Waals surface area contributed by atoms with Crippen LogP contribution >= 0.6 is 0 Å². The zero-order valence-corrected chi connectivity index (χ0v) is 22.8. The summed E-state index contributed by atoms with van der Waals surface area (Å²) in [5, 5.41) is 0. The van der Waals surface area contributed by atoms with Gasteiger partial charge in [0.25, 0.3) is 5.82 Å². The molecule has 5 aromatic carbocycles. The molecule has 3 heterocycles. The third kappa shape index (κ3) is 3.29. The van der Waals surface area contributed by atoms with E-state index in [1.807, 2.05) is 0 Å². The van der Waals surface area contributed by atoms with Crippen LogP contribution in [-0.4, -0.2) is 11.5 Å². The average Bonchev–Trinajstić information content (AvgIpc) is 3.58. The third-order valence-electron chi connectivity index (χ3n) is 8.63. The lowest BCUT2D eigenvalue weighted by atomic mass is 9.59. The lowest BCUT2D eigenvalue weighted by Gasteiger charge is -2.37. The fourth-order valence-electron chi connectivity index (χ4n) is 6.91. The van der Waals surface area contributed by atoms with Gasteiger partial charge in [0.15, 0.2) is 0 Å². The topological polar surface area (TPSA) is 12.1 Å². The van der Waals surface area contributed by atoms with E-state index in [1.54, 1.807) is 0 Å². The molecule has 3 nitrogen and oxygen atoms in total. The number of benzene rings is 5. The molecule has 0 N–H and O–H groups in total. The van der Waals surface area contributed by atoms with Gasteiger partial charge in [0.05, 0.1) is 5.56 Å². The summed E-state index contributed by atoms with van der Waals surface area (Å²) in [6, 6.07) is 42.0. The predicted octanol–water partition coefficient (Wildman–Crippen LogP) is 7.15. The van der Waals surface area contributed by atoms with Gasteiger partial charge in [0.1, 0.15) is 18.9 Å². The number of imidazole rings is 1. The quantitative estimate of drug-likeness (QED) is 0.227. The van der Waals surface area contributed by atoms with E-state index in [-0.39, 0.29) is 6.98 Å². The van der Waals surface area contributed by atoms with Crippen molar-refractivity contribution in [2.24, 2.45) is 0 Å². The zero-order chi connectivity index (χ0) is 26.8. The van der Waals surface area contributed by atoms with Crippen molar-refractivity contribution in [1.29, 1.82) is 0 Å². The molecule has 40 heavy (non-hydrogen) atoms. The highest BCUT2D eigenvalue weighted by Crippen LogP contribution is 2.49. The van der Waals surface area contributed by atoms with E-state index in [4.69, 9.17) is 0 Å². The molecule has 0 radical (unpaired) electrons. The molecular weight excluding hydrogens is 485 g/mol. The third-order valence-corrected chi connectivity index (χ3v) is 8.63. The van der Waals surface area contributed by atoms with Crippen molar-refractivity contribution in [3.63, 3.8) is 0 Å². The van der Waals surface area contributed by atoms with Crippen molar-refractivity contribution < 1.29 is 4.48 Å². The molecular formula is C36H29BN3+. The first-order chi connectivity index (χ1) is 19.7. The van der Waals surface area contributed by atoms with Crippen LogP contribution in [0.15, 0.2) is 128 Å². The highest BCUT2D eigenvalue weighted by atomic mass is 15.3. The lowest BCUT2D eigenvalue weighted by Crippen LogP contribution is -2.70. The van der Waals surface area contributed by atoms with Gasteiger partial charge in [-0.1, -0.05) is 109 Å². The van der Waals surface area contributed by atoms with Crippen molar-refractivity contribution in [1.82, 2.24) is 4.57 Å². The molecule has 190 valence electrons. The summed E-state index contributed by atoms with van der Waals surface area (Å²) in [6.45, 7) is 5.38. The van der Waals surface area contributed by atoms with Crippen LogP contribution in [0.1, 0.15) is 16.7 Å². The molecule has 0 saturated heterocycles. The summed E-state index contributed by atoms with van der Waals surface area (Å²) in [6.07, 6.45) is 4.54. The Kier molecular flexibility index (Phi) is 5.11. The highest BCUT2D eigenvalue weighted by Gasteiger charge is 2.50. The Hall–Kier alpha value is -4.83. The van der Waals surface area contributed by atoms with E-state index < -0.39 is 0 Å². The number of hydrogen-bond acceptors (Lipinski definition) is 1. The summed E-state index contributed by atoms with van der Waals surface area (Å²) in [5.74, 6) is 1.30. The Morgan fingerprint density at radius 1 is 0.650 bits per heavy atom. The van der Waals surface area contributed by atoms with E-state index in [9.17, 15) is 0 Å². The molecule has 0 saturated carbocycles. The predicted molar refractivity (Wildman–Crippen MR) is 165 cm³/mol. The first-order valence-electron chi connectivity index (χ1n) is 14.0. The number of para-hydroxylation sites is 1. The van der Waals surface area contributed by atoms with E-state index >= 15 is 0 Å². The molecule has 0 fully saturated rings. The monoisotopic (exact) mass is 514 g/mol. The molecule has 0 aliphatic carbocycles. The van der Waals surface area contributed by atoms with Crippen LogP contribution in [0, 0.1) is 13.8 Å². The Balaban J connectivity index is 1.52. The molecule has 0 spiro atoms. The van der Waals surface area contributed by atoms with Gasteiger partial charge in [-0.05, 0) is 42.2 Å². The van der Waals surface area contributed by atoms with Gasteiger partial charge < -0.3 is 4.81 Å². The Bertz CT molecular complexity index is 1830. The van der Waals surface area contributed by atoms with Crippen LogP contribution in [0.25, 0.3) is 33.6 Å². The largest absolute Gasteiger partial charge is 0.542 e. The number of aromatic nitrogens is 2. The number of hydrogen-bond donors (Lipinski definition) is 0. The lowest BCUT2D eigenvalue weighted by molar-refractivity contribution is -0.523. The molecule has 0 amide bonds. The summed E-state index contributed by atoms with van der Waals surface area (Å²) in [4.78, 5) is 2.63. The standard InChI is InChI=1S/C36H29BN3/c1-25-12-9-13-26(2)34(25)37-39-23-22-38-24-29-18-10-21-32(33(29)36(38)39)40(37)35-30(27-14-5-3-6-15-27)19-11-20-31(35)28-16-7-4-8-17-28/h3-23H,24H2,1-2H3/q+1. The normalized spacial score (nSPS) is 13.1. The maximum atomic E-state index is 2.63. The molecule has 0 bridgehead atoms. The van der Waals surface area contributed by atoms with Gasteiger partial charge in [0, 0.05) is 33.5 Å². The van der Waals surface area contributed by atoms with Crippen LogP contribution in [0.5, 0.6) is 0 Å². The first kappa shape index (κ1) is 23.1. The maximum Gasteiger partial charge on any atom is 0.542 e. The molecule has 4 heteroatoms. The number of rotatable bonds is 4. The van der Waals surface area contributed by atoms with Gasteiger partial charge in [-0.15, -0.1) is 0 Å². The minimum atomic E-state index is -0.0365.